The molecule has 1 unspecified atom stereocenters. The number of nitrogens with zero attached hydrogens (tertiary/aromatic N) is 2. The zero-order chi connectivity index (χ0) is 14.7. The van der Waals surface area contributed by atoms with Crippen LogP contribution in [-0.2, 0) is 11.8 Å². The van der Waals surface area contributed by atoms with Gasteiger partial charge in [-0.05, 0) is 31.2 Å². The molecule has 20 heavy (non-hydrogen) atoms. The maximum Gasteiger partial charge on any atom is 0.330 e. The lowest BCUT2D eigenvalue weighted by molar-refractivity contribution is -0.138. The van der Waals surface area contributed by atoms with Gasteiger partial charge in [0.25, 0.3) is 0 Å². The molecule has 2 N–H and O–H groups in total. The third-order valence-corrected chi connectivity index (χ3v) is 3.01. The highest BCUT2D eigenvalue weighted by atomic mass is 16.5. The lowest BCUT2D eigenvalue weighted by Gasteiger charge is -2.15. The molecule has 0 bridgehead atoms. The van der Waals surface area contributed by atoms with E-state index in [2.05, 4.69) is 10.4 Å². The number of aliphatic carboxylic acids is 1. The van der Waals surface area contributed by atoms with E-state index < -0.39 is 12.0 Å². The van der Waals surface area contributed by atoms with Gasteiger partial charge in [0.15, 0.2) is 6.04 Å². The smallest absolute Gasteiger partial charge is 0.330 e. The molecule has 0 fully saturated rings. The molecule has 0 saturated heterocycles. The Balaban J connectivity index is 2.25. The number of rotatable bonds is 5. The van der Waals surface area contributed by atoms with Gasteiger partial charge in [0.1, 0.15) is 5.75 Å². The first-order valence-electron chi connectivity index (χ1n) is 6.15. The number of hydrogen-bond acceptors (Lipinski definition) is 4. The summed E-state index contributed by atoms with van der Waals surface area (Å²) in [5.74, 6) is -0.225. The van der Waals surface area contributed by atoms with Gasteiger partial charge in [-0.15, -0.1) is 0 Å². The number of ether oxygens (including phenoxy) is 1. The monoisotopic (exact) mass is 275 g/mol. The van der Waals surface area contributed by atoms with Crippen molar-refractivity contribution >= 4 is 11.7 Å². The minimum atomic E-state index is -0.947. The van der Waals surface area contributed by atoms with Crippen LogP contribution in [-0.4, -0.2) is 28.0 Å². The van der Waals surface area contributed by atoms with Crippen molar-refractivity contribution in [3.8, 4) is 5.75 Å². The number of hydrogen-bond donors (Lipinski definition) is 2. The molecule has 2 rings (SSSR count). The van der Waals surface area contributed by atoms with Crippen molar-refractivity contribution in [2.45, 2.75) is 13.0 Å². The standard InChI is InChI=1S/C14H17N3O3/c1-9-12(8-17(2)16-9)13(14(18)19)15-10-4-6-11(20-3)7-5-10/h4-8,13,15H,1-3H3,(H,18,19). The van der Waals surface area contributed by atoms with Crippen molar-refractivity contribution in [1.82, 2.24) is 9.78 Å². The first-order valence-corrected chi connectivity index (χ1v) is 6.15. The molecular formula is C14H17N3O3. The van der Waals surface area contributed by atoms with Gasteiger partial charge >= 0.3 is 5.97 Å². The quantitative estimate of drug-likeness (QED) is 0.872. The Hall–Kier alpha value is -2.50. The molecular weight excluding hydrogens is 258 g/mol. The SMILES string of the molecule is COc1ccc(NC(C(=O)O)c2cn(C)nc2C)cc1. The van der Waals surface area contributed by atoms with Crippen molar-refractivity contribution in [2.24, 2.45) is 7.05 Å². The predicted molar refractivity (Wildman–Crippen MR) is 74.9 cm³/mol. The fourth-order valence-corrected chi connectivity index (χ4v) is 2.03. The van der Waals surface area contributed by atoms with Crippen LogP contribution in [0.1, 0.15) is 17.3 Å². The first-order chi connectivity index (χ1) is 9.51. The van der Waals surface area contributed by atoms with Crippen LogP contribution in [0.5, 0.6) is 5.75 Å². The first kappa shape index (κ1) is 13.9. The van der Waals surface area contributed by atoms with Gasteiger partial charge in [-0.1, -0.05) is 0 Å². The van der Waals surface area contributed by atoms with Crippen LogP contribution in [0, 0.1) is 6.92 Å². The highest BCUT2D eigenvalue weighted by Gasteiger charge is 2.23. The molecule has 2 aromatic rings. The van der Waals surface area contributed by atoms with Gasteiger partial charge < -0.3 is 15.2 Å². The molecule has 0 radical (unpaired) electrons. The van der Waals surface area contributed by atoms with Gasteiger partial charge in [-0.25, -0.2) is 4.79 Å². The summed E-state index contributed by atoms with van der Waals surface area (Å²) in [5.41, 5.74) is 2.05. The largest absolute Gasteiger partial charge is 0.497 e. The lowest BCUT2D eigenvalue weighted by atomic mass is 10.1. The Morgan fingerprint density at radius 3 is 2.50 bits per heavy atom. The number of methoxy groups -OCH3 is 1. The average molecular weight is 275 g/mol. The second-order valence-electron chi connectivity index (χ2n) is 4.49. The summed E-state index contributed by atoms with van der Waals surface area (Å²) in [6, 6.07) is 6.27. The fourth-order valence-electron chi connectivity index (χ4n) is 2.03. The van der Waals surface area contributed by atoms with Crippen molar-refractivity contribution in [2.75, 3.05) is 12.4 Å². The summed E-state index contributed by atoms with van der Waals surface area (Å²) >= 11 is 0. The van der Waals surface area contributed by atoms with E-state index in [4.69, 9.17) is 4.74 Å². The van der Waals surface area contributed by atoms with E-state index in [-0.39, 0.29) is 0 Å². The van der Waals surface area contributed by atoms with Gasteiger partial charge in [0, 0.05) is 24.5 Å². The average Bonchev–Trinajstić information content (AvgIpc) is 2.75. The molecule has 0 spiro atoms. The normalized spacial score (nSPS) is 11.9. The Labute approximate surface area is 117 Å². The second-order valence-corrected chi connectivity index (χ2v) is 4.49. The molecule has 0 aliphatic rings. The number of aromatic nitrogens is 2. The number of carbonyl (C=O) groups is 1. The van der Waals surface area contributed by atoms with Crippen molar-refractivity contribution < 1.29 is 14.6 Å². The molecule has 1 aromatic carbocycles. The van der Waals surface area contributed by atoms with E-state index >= 15 is 0 Å². The molecule has 6 heteroatoms. The Kier molecular flexibility index (Phi) is 3.93. The minimum absolute atomic E-state index is 0.649. The summed E-state index contributed by atoms with van der Waals surface area (Å²) in [7, 11) is 3.35. The van der Waals surface area contributed by atoms with Crippen LogP contribution in [0.2, 0.25) is 0 Å². The predicted octanol–water partition coefficient (Wildman–Crippen LogP) is 1.97. The fraction of sp³-hybridized carbons (Fsp3) is 0.286. The van der Waals surface area contributed by atoms with E-state index in [1.807, 2.05) is 0 Å². The summed E-state index contributed by atoms with van der Waals surface area (Å²) in [6.45, 7) is 1.79. The highest BCUT2D eigenvalue weighted by Crippen LogP contribution is 2.23. The Bertz CT molecular complexity index is 605. The molecule has 1 heterocycles. The molecule has 0 amide bonds. The zero-order valence-corrected chi connectivity index (χ0v) is 11.6. The summed E-state index contributed by atoms with van der Waals surface area (Å²) < 4.78 is 6.68. The number of carboxylic acid groups (broad SMARTS) is 1. The third-order valence-electron chi connectivity index (χ3n) is 3.01. The molecule has 0 aliphatic carbocycles. The Morgan fingerprint density at radius 1 is 1.40 bits per heavy atom. The maximum absolute atomic E-state index is 11.5. The van der Waals surface area contributed by atoms with Crippen molar-refractivity contribution in [3.63, 3.8) is 0 Å². The number of aryl methyl sites for hydroxylation is 2. The van der Waals surface area contributed by atoms with E-state index in [0.717, 1.165) is 5.75 Å². The topological polar surface area (TPSA) is 76.4 Å². The van der Waals surface area contributed by atoms with E-state index in [9.17, 15) is 9.90 Å². The van der Waals surface area contributed by atoms with Crippen LogP contribution in [0.3, 0.4) is 0 Å². The van der Waals surface area contributed by atoms with Crippen LogP contribution < -0.4 is 10.1 Å². The van der Waals surface area contributed by atoms with Gasteiger partial charge in [-0.3, -0.25) is 4.68 Å². The minimum Gasteiger partial charge on any atom is -0.497 e. The summed E-state index contributed by atoms with van der Waals surface area (Å²) in [4.78, 5) is 11.5. The number of benzene rings is 1. The maximum atomic E-state index is 11.5. The molecule has 6 nitrogen and oxygen atoms in total. The second kappa shape index (κ2) is 5.64. The van der Waals surface area contributed by atoms with E-state index in [1.54, 1.807) is 56.2 Å². The lowest BCUT2D eigenvalue weighted by Crippen LogP contribution is -2.20. The van der Waals surface area contributed by atoms with Crippen LogP contribution in [0.25, 0.3) is 0 Å². The van der Waals surface area contributed by atoms with Gasteiger partial charge in [-0.2, -0.15) is 5.10 Å². The summed E-state index contributed by atoms with van der Waals surface area (Å²) in [5, 5.41) is 16.6. The van der Waals surface area contributed by atoms with E-state index in [1.165, 1.54) is 0 Å². The number of nitrogens with one attached hydrogen (secondary N) is 1. The highest BCUT2D eigenvalue weighted by molar-refractivity contribution is 5.79. The Morgan fingerprint density at radius 2 is 2.05 bits per heavy atom. The van der Waals surface area contributed by atoms with Crippen molar-refractivity contribution in [3.05, 3.63) is 41.7 Å². The molecule has 106 valence electrons. The van der Waals surface area contributed by atoms with Crippen LogP contribution in [0.15, 0.2) is 30.5 Å². The molecule has 1 atom stereocenters. The van der Waals surface area contributed by atoms with Gasteiger partial charge in [0.2, 0.25) is 0 Å². The zero-order valence-electron chi connectivity index (χ0n) is 11.6. The summed E-state index contributed by atoms with van der Waals surface area (Å²) in [6.07, 6.45) is 1.71. The van der Waals surface area contributed by atoms with E-state index in [0.29, 0.717) is 16.9 Å². The molecule has 0 aliphatic heterocycles. The van der Waals surface area contributed by atoms with Crippen LogP contribution in [0.4, 0.5) is 5.69 Å². The van der Waals surface area contributed by atoms with Gasteiger partial charge in [0.05, 0.1) is 12.8 Å². The van der Waals surface area contributed by atoms with Crippen molar-refractivity contribution in [1.29, 1.82) is 0 Å². The third kappa shape index (κ3) is 2.90. The number of carboxylic acids is 1. The number of anilines is 1. The van der Waals surface area contributed by atoms with Crippen LogP contribution >= 0.6 is 0 Å². The molecule has 0 saturated carbocycles. The molecule has 1 aromatic heterocycles.